The zero-order valence-corrected chi connectivity index (χ0v) is 11.5. The molecule has 3 rings (SSSR count). The number of para-hydroxylation sites is 3. The third-order valence-electron chi connectivity index (χ3n) is 3.18. The monoisotopic (exact) mass is 295 g/mol. The average molecular weight is 295 g/mol. The molecule has 3 aromatic rings. The summed E-state index contributed by atoms with van der Waals surface area (Å²) in [6.45, 7) is -0.202. The highest BCUT2D eigenvalue weighted by Crippen LogP contribution is 2.19. The van der Waals surface area contributed by atoms with Crippen molar-refractivity contribution in [2.45, 2.75) is 0 Å². The second kappa shape index (κ2) is 5.74. The molecular weight excluding hydrogens is 282 g/mol. The predicted octanol–water partition coefficient (Wildman–Crippen LogP) is 0.503. The second-order valence-corrected chi connectivity index (χ2v) is 4.64. The van der Waals surface area contributed by atoms with E-state index in [4.69, 9.17) is 5.84 Å². The van der Waals surface area contributed by atoms with E-state index in [9.17, 15) is 9.59 Å². The van der Waals surface area contributed by atoms with E-state index in [1.54, 1.807) is 18.2 Å². The lowest BCUT2D eigenvalue weighted by atomic mass is 10.1. The molecule has 0 bridgehead atoms. The number of rotatable bonds is 3. The molecule has 0 aliphatic heterocycles. The Balaban J connectivity index is 2.04. The molecule has 0 fully saturated rings. The van der Waals surface area contributed by atoms with Gasteiger partial charge in [0.1, 0.15) is 5.52 Å². The minimum Gasteiger partial charge on any atom is -0.343 e. The van der Waals surface area contributed by atoms with Gasteiger partial charge < -0.3 is 5.32 Å². The van der Waals surface area contributed by atoms with Gasteiger partial charge in [-0.1, -0.05) is 18.2 Å². The first-order valence-electron chi connectivity index (χ1n) is 6.62. The molecule has 1 heterocycles. The molecule has 2 aromatic carbocycles. The van der Waals surface area contributed by atoms with Crippen LogP contribution in [0, 0.1) is 0 Å². The number of hydrazine groups is 1. The number of aromatic nitrogens is 2. The lowest BCUT2D eigenvalue weighted by Gasteiger charge is -2.07. The van der Waals surface area contributed by atoms with Crippen LogP contribution in [0.3, 0.4) is 0 Å². The highest BCUT2D eigenvalue weighted by atomic mass is 16.2. The maximum Gasteiger partial charge on any atom is 0.253 e. The van der Waals surface area contributed by atoms with Gasteiger partial charge in [0.15, 0.2) is 0 Å². The molecule has 1 aromatic heterocycles. The van der Waals surface area contributed by atoms with Gasteiger partial charge in [0, 0.05) is 0 Å². The topological polar surface area (TPSA) is 110 Å². The standard InChI is InChI=1S/C15H13N5O2/c16-20-13(21)8-17-15(22)9-4-3-7-12-14(9)19-11-6-2-1-5-10(11)18-12/h1-7H,8,16H2,(H,17,22)(H,20,21). The van der Waals surface area contributed by atoms with Crippen LogP contribution in [0.25, 0.3) is 22.1 Å². The number of nitrogens with two attached hydrogens (primary N) is 1. The van der Waals surface area contributed by atoms with Crippen LogP contribution in [-0.4, -0.2) is 28.3 Å². The molecule has 0 unspecified atom stereocenters. The Morgan fingerprint density at radius 1 is 0.955 bits per heavy atom. The third-order valence-corrected chi connectivity index (χ3v) is 3.18. The van der Waals surface area contributed by atoms with Crippen LogP contribution < -0.4 is 16.6 Å². The van der Waals surface area contributed by atoms with Crippen LogP contribution in [0.1, 0.15) is 10.4 Å². The molecule has 0 saturated carbocycles. The summed E-state index contributed by atoms with van der Waals surface area (Å²) in [6, 6.07) is 12.6. The first-order chi connectivity index (χ1) is 10.7. The van der Waals surface area contributed by atoms with Crippen molar-refractivity contribution in [2.24, 2.45) is 5.84 Å². The zero-order chi connectivity index (χ0) is 15.5. The smallest absolute Gasteiger partial charge is 0.253 e. The van der Waals surface area contributed by atoms with Gasteiger partial charge in [-0.2, -0.15) is 0 Å². The number of nitrogens with zero attached hydrogens (tertiary/aromatic N) is 2. The van der Waals surface area contributed by atoms with Crippen molar-refractivity contribution in [1.82, 2.24) is 20.7 Å². The van der Waals surface area contributed by atoms with E-state index in [1.165, 1.54) is 0 Å². The van der Waals surface area contributed by atoms with Gasteiger partial charge in [0.2, 0.25) is 0 Å². The molecule has 110 valence electrons. The summed E-state index contributed by atoms with van der Waals surface area (Å²) in [4.78, 5) is 32.3. The van der Waals surface area contributed by atoms with Gasteiger partial charge in [-0.05, 0) is 24.3 Å². The Kier molecular flexibility index (Phi) is 3.63. The lowest BCUT2D eigenvalue weighted by molar-refractivity contribution is -0.120. The van der Waals surface area contributed by atoms with Crippen molar-refractivity contribution in [3.05, 3.63) is 48.0 Å². The molecule has 22 heavy (non-hydrogen) atoms. The van der Waals surface area contributed by atoms with Crippen LogP contribution in [0.5, 0.6) is 0 Å². The fourth-order valence-corrected chi connectivity index (χ4v) is 2.13. The molecule has 4 N–H and O–H groups in total. The molecule has 0 saturated heterocycles. The van der Waals surface area contributed by atoms with Crippen molar-refractivity contribution in [3.63, 3.8) is 0 Å². The summed E-state index contributed by atoms with van der Waals surface area (Å²) in [5.41, 5.74) is 4.89. The first kappa shape index (κ1) is 13.9. The molecule has 2 amide bonds. The molecule has 0 radical (unpaired) electrons. The number of amides is 2. The van der Waals surface area contributed by atoms with Gasteiger partial charge in [0.25, 0.3) is 11.8 Å². The summed E-state index contributed by atoms with van der Waals surface area (Å²) >= 11 is 0. The summed E-state index contributed by atoms with van der Waals surface area (Å²) in [6.07, 6.45) is 0. The Labute approximate surface area is 125 Å². The Morgan fingerprint density at radius 3 is 2.36 bits per heavy atom. The maximum absolute atomic E-state index is 12.2. The van der Waals surface area contributed by atoms with Gasteiger partial charge in [-0.25, -0.2) is 15.8 Å². The molecule has 0 aliphatic carbocycles. The highest BCUT2D eigenvalue weighted by molar-refractivity contribution is 6.06. The third kappa shape index (κ3) is 2.57. The molecule has 7 nitrogen and oxygen atoms in total. The zero-order valence-electron chi connectivity index (χ0n) is 11.5. The fraction of sp³-hybridized carbons (Fsp3) is 0.0667. The quantitative estimate of drug-likeness (QED) is 0.282. The molecule has 0 atom stereocenters. The second-order valence-electron chi connectivity index (χ2n) is 4.64. The van der Waals surface area contributed by atoms with E-state index in [-0.39, 0.29) is 6.54 Å². The van der Waals surface area contributed by atoms with E-state index in [0.29, 0.717) is 22.1 Å². The Morgan fingerprint density at radius 2 is 1.64 bits per heavy atom. The number of carbonyl (C=O) groups excluding carboxylic acids is 2. The Bertz CT molecular complexity index is 878. The van der Waals surface area contributed by atoms with Crippen molar-refractivity contribution in [1.29, 1.82) is 0 Å². The van der Waals surface area contributed by atoms with E-state index in [2.05, 4.69) is 15.3 Å². The van der Waals surface area contributed by atoms with Gasteiger partial charge in [0.05, 0.1) is 28.7 Å². The summed E-state index contributed by atoms with van der Waals surface area (Å²) in [5.74, 6) is 4.09. The van der Waals surface area contributed by atoms with Crippen LogP contribution in [0.4, 0.5) is 0 Å². The van der Waals surface area contributed by atoms with Crippen LogP contribution >= 0.6 is 0 Å². The summed E-state index contributed by atoms with van der Waals surface area (Å²) in [7, 11) is 0. The van der Waals surface area contributed by atoms with Crippen molar-refractivity contribution in [3.8, 4) is 0 Å². The van der Waals surface area contributed by atoms with Gasteiger partial charge >= 0.3 is 0 Å². The minimum atomic E-state index is -0.481. The van der Waals surface area contributed by atoms with Gasteiger partial charge in [-0.15, -0.1) is 0 Å². The molecule has 7 heteroatoms. The first-order valence-corrected chi connectivity index (χ1v) is 6.62. The van der Waals surface area contributed by atoms with E-state index < -0.39 is 11.8 Å². The minimum absolute atomic E-state index is 0.202. The normalized spacial score (nSPS) is 10.6. The SMILES string of the molecule is NNC(=O)CNC(=O)c1cccc2nc3ccccc3nc12. The largest absolute Gasteiger partial charge is 0.343 e. The summed E-state index contributed by atoms with van der Waals surface area (Å²) in [5, 5.41) is 2.49. The number of nitrogens with one attached hydrogen (secondary N) is 2. The number of carbonyl (C=O) groups is 2. The molecule has 0 spiro atoms. The maximum atomic E-state index is 12.2. The van der Waals surface area contributed by atoms with Crippen molar-refractivity contribution in [2.75, 3.05) is 6.54 Å². The number of hydrogen-bond donors (Lipinski definition) is 3. The van der Waals surface area contributed by atoms with Crippen LogP contribution in [-0.2, 0) is 4.79 Å². The van der Waals surface area contributed by atoms with E-state index >= 15 is 0 Å². The predicted molar refractivity (Wildman–Crippen MR) is 81.7 cm³/mol. The average Bonchev–Trinajstić information content (AvgIpc) is 2.56. The molecular formula is C15H13N5O2. The van der Waals surface area contributed by atoms with Crippen LogP contribution in [0.2, 0.25) is 0 Å². The number of hydrogen-bond acceptors (Lipinski definition) is 5. The Hall–Kier alpha value is -3.06. The molecule has 0 aliphatic rings. The van der Waals surface area contributed by atoms with Crippen LogP contribution in [0.15, 0.2) is 42.5 Å². The van der Waals surface area contributed by atoms with Crippen molar-refractivity contribution >= 4 is 33.9 Å². The van der Waals surface area contributed by atoms with Gasteiger partial charge in [-0.3, -0.25) is 15.0 Å². The van der Waals surface area contributed by atoms with E-state index in [1.807, 2.05) is 29.7 Å². The number of benzene rings is 2. The highest BCUT2D eigenvalue weighted by Gasteiger charge is 2.13. The van der Waals surface area contributed by atoms with Crippen molar-refractivity contribution < 1.29 is 9.59 Å². The number of fused-ring (bicyclic) bond motifs is 2. The van der Waals surface area contributed by atoms with E-state index in [0.717, 1.165) is 5.52 Å². The fourth-order valence-electron chi connectivity index (χ4n) is 2.13. The lowest BCUT2D eigenvalue weighted by Crippen LogP contribution is -2.40. The summed E-state index contributed by atoms with van der Waals surface area (Å²) < 4.78 is 0.